The molecule has 1 fully saturated rings. The van der Waals surface area contributed by atoms with Crippen molar-refractivity contribution in [3.05, 3.63) is 0 Å². The van der Waals surface area contributed by atoms with Gasteiger partial charge in [-0.15, -0.1) is 0 Å². The van der Waals surface area contributed by atoms with Crippen LogP contribution >= 0.6 is 0 Å². The first-order valence-electron chi connectivity index (χ1n) is 7.46. The van der Waals surface area contributed by atoms with Gasteiger partial charge in [-0.3, -0.25) is 4.90 Å². The molecule has 0 saturated carbocycles. The second-order valence-electron chi connectivity index (χ2n) is 5.08. The van der Waals surface area contributed by atoms with Gasteiger partial charge >= 0.3 is 0 Å². The largest absolute Gasteiger partial charge is 0.377 e. The minimum absolute atomic E-state index is 0.223. The van der Waals surface area contributed by atoms with Crippen LogP contribution in [0.4, 0.5) is 0 Å². The molecule has 1 saturated heterocycles. The van der Waals surface area contributed by atoms with E-state index in [1.807, 2.05) is 0 Å². The zero-order valence-electron chi connectivity index (χ0n) is 13.0. The van der Waals surface area contributed by atoms with Crippen LogP contribution in [-0.4, -0.2) is 88.6 Å². The Bertz CT molecular complexity index is 213. The number of nitrogens with one attached hydrogen (secondary N) is 1. The highest BCUT2D eigenvalue weighted by molar-refractivity contribution is 4.85. The maximum absolute atomic E-state index is 5.44. The normalized spacial score (nSPS) is 24.5. The predicted octanol–water partition coefficient (Wildman–Crippen LogP) is 0.263. The van der Waals surface area contributed by atoms with Crippen molar-refractivity contribution in [1.82, 2.24) is 15.1 Å². The van der Waals surface area contributed by atoms with E-state index in [1.54, 1.807) is 14.2 Å². The molecule has 0 aromatic carbocycles. The minimum atomic E-state index is 0.223. The van der Waals surface area contributed by atoms with E-state index in [0.717, 1.165) is 52.4 Å². The van der Waals surface area contributed by atoms with Crippen LogP contribution in [0.1, 0.15) is 13.8 Å². The summed E-state index contributed by atoms with van der Waals surface area (Å²) >= 11 is 0. The van der Waals surface area contributed by atoms with Crippen molar-refractivity contribution in [3.8, 4) is 0 Å². The molecule has 114 valence electrons. The van der Waals surface area contributed by atoms with E-state index in [4.69, 9.17) is 9.47 Å². The summed E-state index contributed by atoms with van der Waals surface area (Å²) in [6.07, 6.45) is 0.446. The van der Waals surface area contributed by atoms with Crippen molar-refractivity contribution in [2.75, 3.05) is 66.6 Å². The highest BCUT2D eigenvalue weighted by Crippen LogP contribution is 2.14. The van der Waals surface area contributed by atoms with Crippen molar-refractivity contribution < 1.29 is 9.47 Å². The summed E-state index contributed by atoms with van der Waals surface area (Å²) in [5, 5.41) is 3.51. The summed E-state index contributed by atoms with van der Waals surface area (Å²) in [5.74, 6) is 0. The first-order valence-corrected chi connectivity index (χ1v) is 7.46. The van der Waals surface area contributed by atoms with Crippen molar-refractivity contribution in [1.29, 1.82) is 0 Å². The molecular weight excluding hydrogens is 242 g/mol. The van der Waals surface area contributed by atoms with Gasteiger partial charge in [-0.25, -0.2) is 0 Å². The van der Waals surface area contributed by atoms with Crippen LogP contribution in [0.25, 0.3) is 0 Å². The van der Waals surface area contributed by atoms with Crippen LogP contribution in [-0.2, 0) is 9.47 Å². The van der Waals surface area contributed by atoms with Gasteiger partial charge in [-0.05, 0) is 13.1 Å². The lowest BCUT2D eigenvalue weighted by Gasteiger charge is -2.19. The number of nitrogens with zero attached hydrogens (tertiary/aromatic N) is 2. The summed E-state index contributed by atoms with van der Waals surface area (Å²) < 4.78 is 10.9. The molecule has 0 aliphatic carbocycles. The minimum Gasteiger partial charge on any atom is -0.377 e. The quantitative estimate of drug-likeness (QED) is 0.578. The van der Waals surface area contributed by atoms with Crippen molar-refractivity contribution >= 4 is 0 Å². The first-order chi connectivity index (χ1) is 9.24. The van der Waals surface area contributed by atoms with E-state index < -0.39 is 0 Å². The molecule has 1 aliphatic rings. The van der Waals surface area contributed by atoms with Gasteiger partial charge in [0.2, 0.25) is 0 Å². The third kappa shape index (κ3) is 5.75. The second-order valence-corrected chi connectivity index (χ2v) is 5.08. The number of rotatable bonds is 10. The van der Waals surface area contributed by atoms with E-state index >= 15 is 0 Å². The van der Waals surface area contributed by atoms with Gasteiger partial charge in [0, 0.05) is 53.5 Å². The summed E-state index contributed by atoms with van der Waals surface area (Å²) in [7, 11) is 3.53. The Labute approximate surface area is 118 Å². The lowest BCUT2D eigenvalue weighted by molar-refractivity contribution is -0.00461. The molecule has 0 bridgehead atoms. The molecule has 1 aliphatic heterocycles. The number of hydrogen-bond donors (Lipinski definition) is 1. The molecule has 0 aromatic rings. The fourth-order valence-corrected chi connectivity index (χ4v) is 2.59. The Morgan fingerprint density at radius 3 is 2.11 bits per heavy atom. The Morgan fingerprint density at radius 1 is 1.05 bits per heavy atom. The predicted molar refractivity (Wildman–Crippen MR) is 78.7 cm³/mol. The van der Waals surface area contributed by atoms with Crippen LogP contribution in [0, 0.1) is 0 Å². The monoisotopic (exact) mass is 273 g/mol. The van der Waals surface area contributed by atoms with Gasteiger partial charge in [0.25, 0.3) is 0 Å². The Hall–Kier alpha value is -0.200. The highest BCUT2D eigenvalue weighted by atomic mass is 16.5. The van der Waals surface area contributed by atoms with Crippen molar-refractivity contribution in [2.45, 2.75) is 26.1 Å². The Kier molecular flexibility index (Phi) is 8.57. The van der Waals surface area contributed by atoms with E-state index in [0.29, 0.717) is 0 Å². The van der Waals surface area contributed by atoms with Gasteiger partial charge < -0.3 is 19.7 Å². The molecule has 2 unspecified atom stereocenters. The average molecular weight is 273 g/mol. The van der Waals surface area contributed by atoms with Crippen LogP contribution in [0.3, 0.4) is 0 Å². The number of hydrogen-bond acceptors (Lipinski definition) is 5. The third-order valence-electron chi connectivity index (χ3n) is 4.00. The van der Waals surface area contributed by atoms with Crippen LogP contribution < -0.4 is 5.32 Å². The van der Waals surface area contributed by atoms with Crippen LogP contribution in [0.5, 0.6) is 0 Å². The maximum Gasteiger partial charge on any atom is 0.0971 e. The first kappa shape index (κ1) is 16.9. The number of likely N-dealkylation sites (tertiary alicyclic amines) is 1. The zero-order chi connectivity index (χ0) is 14.1. The molecule has 0 radical (unpaired) electrons. The molecule has 0 spiro atoms. The number of ether oxygens (including phenoxy) is 2. The fraction of sp³-hybridized carbons (Fsp3) is 1.00. The van der Waals surface area contributed by atoms with E-state index in [-0.39, 0.29) is 12.2 Å². The van der Waals surface area contributed by atoms with E-state index in [9.17, 15) is 0 Å². The molecule has 1 rings (SSSR count). The molecular formula is C14H31N3O2. The smallest absolute Gasteiger partial charge is 0.0971 e. The van der Waals surface area contributed by atoms with Crippen molar-refractivity contribution in [2.24, 2.45) is 0 Å². The standard InChI is InChI=1S/C14H31N3O2/c1-5-16(6-2)9-7-15-8-10-17-11-13(18-3)14(12-17)19-4/h13-15H,5-12H2,1-4H3. The molecule has 1 N–H and O–H groups in total. The summed E-state index contributed by atoms with van der Waals surface area (Å²) in [6.45, 7) is 13.0. The lowest BCUT2D eigenvalue weighted by atomic mass is 10.3. The molecule has 5 nitrogen and oxygen atoms in total. The highest BCUT2D eigenvalue weighted by Gasteiger charge is 2.32. The topological polar surface area (TPSA) is 37.0 Å². The van der Waals surface area contributed by atoms with Gasteiger partial charge in [0.05, 0.1) is 12.2 Å². The van der Waals surface area contributed by atoms with E-state index in [2.05, 4.69) is 29.0 Å². The Balaban J connectivity index is 2.07. The van der Waals surface area contributed by atoms with Crippen LogP contribution in [0.15, 0.2) is 0 Å². The SMILES string of the molecule is CCN(CC)CCNCCN1CC(OC)C(OC)C1. The Morgan fingerprint density at radius 2 is 1.63 bits per heavy atom. The lowest BCUT2D eigenvalue weighted by Crippen LogP contribution is -2.36. The van der Waals surface area contributed by atoms with E-state index in [1.165, 1.54) is 0 Å². The molecule has 0 amide bonds. The zero-order valence-corrected chi connectivity index (χ0v) is 13.0. The maximum atomic E-state index is 5.44. The molecule has 0 aromatic heterocycles. The summed E-state index contributed by atoms with van der Waals surface area (Å²) in [6, 6.07) is 0. The van der Waals surface area contributed by atoms with Gasteiger partial charge in [0.15, 0.2) is 0 Å². The molecule has 5 heteroatoms. The number of methoxy groups -OCH3 is 2. The number of likely N-dealkylation sites (N-methyl/N-ethyl adjacent to an activating group) is 1. The molecule has 19 heavy (non-hydrogen) atoms. The van der Waals surface area contributed by atoms with Gasteiger partial charge in [-0.1, -0.05) is 13.8 Å². The summed E-state index contributed by atoms with van der Waals surface area (Å²) in [4.78, 5) is 4.84. The molecule has 1 heterocycles. The van der Waals surface area contributed by atoms with Gasteiger partial charge in [0.1, 0.15) is 0 Å². The average Bonchev–Trinajstić information content (AvgIpc) is 2.85. The third-order valence-corrected chi connectivity index (χ3v) is 4.00. The second kappa shape index (κ2) is 9.66. The van der Waals surface area contributed by atoms with Crippen molar-refractivity contribution in [3.63, 3.8) is 0 Å². The molecule has 2 atom stereocenters. The van der Waals surface area contributed by atoms with Gasteiger partial charge in [-0.2, -0.15) is 0 Å². The summed E-state index contributed by atoms with van der Waals surface area (Å²) in [5.41, 5.74) is 0. The van der Waals surface area contributed by atoms with Crippen LogP contribution in [0.2, 0.25) is 0 Å². The fourth-order valence-electron chi connectivity index (χ4n) is 2.59.